The van der Waals surface area contributed by atoms with E-state index in [4.69, 9.17) is 28.3 Å². The van der Waals surface area contributed by atoms with E-state index in [0.29, 0.717) is 13.0 Å². The van der Waals surface area contributed by atoms with Crippen molar-refractivity contribution in [2.75, 3.05) is 13.2 Å². The van der Waals surface area contributed by atoms with Gasteiger partial charge in [-0.1, -0.05) is 55.8 Å². The number of hydrogen-bond donors (Lipinski definition) is 1. The van der Waals surface area contributed by atoms with Crippen molar-refractivity contribution < 1.29 is 14.6 Å². The average molecular weight is 287 g/mol. The van der Waals surface area contributed by atoms with Crippen LogP contribution in [0.1, 0.15) is 52.9 Å². The van der Waals surface area contributed by atoms with E-state index in [2.05, 4.69) is 11.7 Å². The molecule has 104 valence electrons. The minimum Gasteiger partial charge on any atom is -0.466 e. The lowest BCUT2D eigenvalue weighted by Crippen LogP contribution is -2.17. The predicted molar refractivity (Wildman–Crippen MR) is 72.6 cm³/mol. The number of aliphatic hydroxyl groups is 1. The fourth-order valence-electron chi connectivity index (χ4n) is 1.09. The van der Waals surface area contributed by atoms with Crippen molar-refractivity contribution in [3.8, 4) is 0 Å². The molecular weight excluding hydrogens is 263 g/mol. The molecule has 0 unspecified atom stereocenters. The summed E-state index contributed by atoms with van der Waals surface area (Å²) in [4.78, 5) is 9.82. The summed E-state index contributed by atoms with van der Waals surface area (Å²) in [6.45, 7) is 5.66. The lowest BCUT2D eigenvalue weighted by Gasteiger charge is -2.15. The van der Waals surface area contributed by atoms with Crippen molar-refractivity contribution in [3.63, 3.8) is 0 Å². The average Bonchev–Trinajstić information content (AvgIpc) is 2.25. The zero-order valence-electron chi connectivity index (χ0n) is 11.0. The minimum absolute atomic E-state index is 0.151. The van der Waals surface area contributed by atoms with Crippen LogP contribution >= 0.6 is 23.2 Å². The molecule has 0 aliphatic carbocycles. The number of esters is 1. The van der Waals surface area contributed by atoms with E-state index in [0.717, 1.165) is 12.8 Å². The molecule has 0 spiro atoms. The van der Waals surface area contributed by atoms with Crippen LogP contribution in [0, 0.1) is 0 Å². The first kappa shape index (κ1) is 19.4. The summed E-state index contributed by atoms with van der Waals surface area (Å²) in [5, 5.41) is 8.69. The first-order chi connectivity index (χ1) is 7.89. The minimum atomic E-state index is -0.909. The van der Waals surface area contributed by atoms with Gasteiger partial charge in [-0.2, -0.15) is 0 Å². The highest BCUT2D eigenvalue weighted by Crippen LogP contribution is 2.26. The Hall–Kier alpha value is 0.01000. The summed E-state index contributed by atoms with van der Waals surface area (Å²) in [5.74, 6) is -0.211. The summed E-state index contributed by atoms with van der Waals surface area (Å²) in [5.41, 5.74) is 0. The van der Waals surface area contributed by atoms with Gasteiger partial charge >= 0.3 is 5.97 Å². The van der Waals surface area contributed by atoms with Gasteiger partial charge in [-0.25, -0.2) is 0 Å². The highest BCUT2D eigenvalue weighted by Gasteiger charge is 2.21. The second-order valence-corrected chi connectivity index (χ2v) is 5.39. The van der Waals surface area contributed by atoms with Crippen LogP contribution in [0.4, 0.5) is 0 Å². The highest BCUT2D eigenvalue weighted by molar-refractivity contribution is 6.48. The lowest BCUT2D eigenvalue weighted by atomic mass is 10.1. The van der Waals surface area contributed by atoms with Crippen molar-refractivity contribution in [2.45, 2.75) is 57.2 Å². The van der Waals surface area contributed by atoms with Crippen LogP contribution in [0.3, 0.4) is 0 Å². The van der Waals surface area contributed by atoms with Crippen LogP contribution in [0.5, 0.6) is 0 Å². The smallest absolute Gasteiger partial charge is 0.302 e. The van der Waals surface area contributed by atoms with E-state index in [-0.39, 0.29) is 12.6 Å². The zero-order valence-corrected chi connectivity index (χ0v) is 12.5. The molecule has 0 aliphatic rings. The first-order valence-corrected chi connectivity index (χ1v) is 6.77. The molecule has 0 aromatic rings. The largest absolute Gasteiger partial charge is 0.466 e. The Morgan fingerprint density at radius 3 is 2.12 bits per heavy atom. The number of hydrogen-bond acceptors (Lipinski definition) is 3. The number of ether oxygens (including phenoxy) is 1. The third-order valence-electron chi connectivity index (χ3n) is 1.98. The van der Waals surface area contributed by atoms with Gasteiger partial charge in [-0.05, 0) is 13.3 Å². The first-order valence-electron chi connectivity index (χ1n) is 6.01. The molecule has 0 fully saturated rings. The number of alkyl halides is 2. The van der Waals surface area contributed by atoms with Crippen molar-refractivity contribution in [2.24, 2.45) is 0 Å². The molecule has 0 atom stereocenters. The fraction of sp³-hybridized carbons (Fsp3) is 0.917. The maximum absolute atomic E-state index is 9.82. The van der Waals surface area contributed by atoms with Crippen molar-refractivity contribution >= 4 is 29.2 Å². The summed E-state index contributed by atoms with van der Waals surface area (Å²) >= 11 is 11.4. The van der Waals surface area contributed by atoms with Gasteiger partial charge in [0.25, 0.3) is 0 Å². The van der Waals surface area contributed by atoms with Crippen molar-refractivity contribution in [1.82, 2.24) is 0 Å². The van der Waals surface area contributed by atoms with Crippen molar-refractivity contribution in [3.05, 3.63) is 0 Å². The van der Waals surface area contributed by atoms with Gasteiger partial charge in [0.2, 0.25) is 0 Å². The molecular formula is C12H24Cl2O3. The quantitative estimate of drug-likeness (QED) is 0.441. The van der Waals surface area contributed by atoms with Gasteiger partial charge in [-0.15, -0.1) is 0 Å². The normalized spacial score (nSPS) is 10.5. The van der Waals surface area contributed by atoms with E-state index >= 15 is 0 Å². The van der Waals surface area contributed by atoms with E-state index in [9.17, 15) is 4.79 Å². The van der Waals surface area contributed by atoms with Gasteiger partial charge < -0.3 is 9.84 Å². The molecule has 0 amide bonds. The standard InChI is InChI=1S/C8H16Cl2O.C4H8O2/c1-2-3-4-5-6-8(9,10)7-11;1-3-6-4(2)5/h11H,2-7H2,1H3;3H2,1-2H3. The SMILES string of the molecule is CCCCCCC(Cl)(Cl)CO.CCOC(C)=O. The number of carbonyl (C=O) groups excluding carboxylic acids is 1. The molecule has 0 bridgehead atoms. The molecule has 0 saturated carbocycles. The Kier molecular flexibility index (Phi) is 14.2. The molecule has 0 aromatic heterocycles. The van der Waals surface area contributed by atoms with Crippen LogP contribution in [0.2, 0.25) is 0 Å². The van der Waals surface area contributed by atoms with E-state index in [1.54, 1.807) is 6.92 Å². The molecule has 0 aromatic carbocycles. The number of halogens is 2. The molecule has 0 aliphatic heterocycles. The molecule has 1 N–H and O–H groups in total. The lowest BCUT2D eigenvalue weighted by molar-refractivity contribution is -0.140. The Morgan fingerprint density at radius 1 is 1.24 bits per heavy atom. The zero-order chi connectivity index (χ0) is 13.7. The van der Waals surface area contributed by atoms with E-state index in [1.807, 2.05) is 0 Å². The summed E-state index contributed by atoms with van der Waals surface area (Å²) < 4.78 is 3.49. The van der Waals surface area contributed by atoms with Crippen LogP contribution in [0.25, 0.3) is 0 Å². The Bertz CT molecular complexity index is 185. The number of rotatable bonds is 7. The second kappa shape index (κ2) is 12.5. The Balaban J connectivity index is 0. The Morgan fingerprint density at radius 2 is 1.82 bits per heavy atom. The summed E-state index contributed by atoms with van der Waals surface area (Å²) in [6, 6.07) is 0. The summed E-state index contributed by atoms with van der Waals surface area (Å²) in [6.07, 6.45) is 5.26. The molecule has 0 rings (SSSR count). The van der Waals surface area contributed by atoms with E-state index < -0.39 is 4.33 Å². The van der Waals surface area contributed by atoms with Crippen LogP contribution in [-0.4, -0.2) is 28.6 Å². The molecule has 3 nitrogen and oxygen atoms in total. The van der Waals surface area contributed by atoms with Crippen molar-refractivity contribution in [1.29, 1.82) is 0 Å². The van der Waals surface area contributed by atoms with Crippen LogP contribution in [0.15, 0.2) is 0 Å². The molecule has 17 heavy (non-hydrogen) atoms. The maximum Gasteiger partial charge on any atom is 0.302 e. The van der Waals surface area contributed by atoms with E-state index in [1.165, 1.54) is 19.8 Å². The maximum atomic E-state index is 9.82. The number of unbranched alkanes of at least 4 members (excludes halogenated alkanes) is 3. The third-order valence-corrected chi connectivity index (χ3v) is 2.59. The van der Waals surface area contributed by atoms with Gasteiger partial charge in [0.05, 0.1) is 13.2 Å². The van der Waals surface area contributed by atoms with Gasteiger partial charge in [0.15, 0.2) is 0 Å². The molecule has 0 radical (unpaired) electrons. The topological polar surface area (TPSA) is 46.5 Å². The Labute approximate surface area is 114 Å². The van der Waals surface area contributed by atoms with Gasteiger partial charge in [-0.3, -0.25) is 4.79 Å². The molecule has 0 heterocycles. The highest BCUT2D eigenvalue weighted by atomic mass is 35.5. The number of aliphatic hydroxyl groups excluding tert-OH is 1. The second-order valence-electron chi connectivity index (χ2n) is 3.75. The van der Waals surface area contributed by atoms with Crippen LogP contribution in [-0.2, 0) is 9.53 Å². The molecule has 5 heteroatoms. The number of carbonyl (C=O) groups is 1. The third kappa shape index (κ3) is 18.6. The molecule has 0 saturated heterocycles. The van der Waals surface area contributed by atoms with Crippen LogP contribution < -0.4 is 0 Å². The summed E-state index contributed by atoms with van der Waals surface area (Å²) in [7, 11) is 0. The monoisotopic (exact) mass is 286 g/mol. The van der Waals surface area contributed by atoms with Gasteiger partial charge in [0.1, 0.15) is 4.33 Å². The fourth-order valence-corrected chi connectivity index (χ4v) is 1.36. The van der Waals surface area contributed by atoms with Gasteiger partial charge in [0, 0.05) is 6.92 Å². The predicted octanol–water partition coefficient (Wildman–Crippen LogP) is 3.69.